The van der Waals surface area contributed by atoms with Crippen LogP contribution in [0.2, 0.25) is 0 Å². The Morgan fingerprint density at radius 1 is 1.46 bits per heavy atom. The van der Waals surface area contributed by atoms with Crippen LogP contribution in [0.4, 0.5) is 0 Å². The number of benzene rings is 1. The zero-order valence-corrected chi connectivity index (χ0v) is 7.43. The Labute approximate surface area is 76.9 Å². The molecule has 3 heteroatoms. The van der Waals surface area contributed by atoms with E-state index in [1.807, 2.05) is 24.3 Å². The van der Waals surface area contributed by atoms with Gasteiger partial charge in [0.1, 0.15) is 5.75 Å². The third-order valence-corrected chi connectivity index (χ3v) is 2.22. The highest BCUT2D eigenvalue weighted by molar-refractivity contribution is 5.36. The van der Waals surface area contributed by atoms with Gasteiger partial charge in [0.2, 0.25) is 6.29 Å². The lowest BCUT2D eigenvalue weighted by atomic mass is 10.0. The number of aliphatic hydroxyl groups excluding tert-OH is 1. The Kier molecular flexibility index (Phi) is 2.20. The minimum Gasteiger partial charge on any atom is -0.464 e. The molecule has 13 heavy (non-hydrogen) atoms. The number of rotatable bonds is 1. The van der Waals surface area contributed by atoms with Crippen LogP contribution < -0.4 is 4.74 Å². The summed E-state index contributed by atoms with van der Waals surface area (Å²) in [5, 5.41) is 9.70. The first-order valence-electron chi connectivity index (χ1n) is 4.27. The van der Waals surface area contributed by atoms with Crippen LogP contribution in [0.15, 0.2) is 24.3 Å². The van der Waals surface area contributed by atoms with Gasteiger partial charge >= 0.3 is 0 Å². The predicted octanol–water partition coefficient (Wildman–Crippen LogP) is 1.48. The lowest BCUT2D eigenvalue weighted by Gasteiger charge is -2.28. The van der Waals surface area contributed by atoms with Crippen LogP contribution >= 0.6 is 0 Å². The van der Waals surface area contributed by atoms with Crippen molar-refractivity contribution < 1.29 is 14.6 Å². The van der Waals surface area contributed by atoms with Gasteiger partial charge in [-0.2, -0.15) is 0 Å². The third-order valence-electron chi connectivity index (χ3n) is 2.22. The van der Waals surface area contributed by atoms with Crippen LogP contribution in [0, 0.1) is 0 Å². The summed E-state index contributed by atoms with van der Waals surface area (Å²) in [5.74, 6) is 0.716. The summed E-state index contributed by atoms with van der Waals surface area (Å²) in [5.41, 5.74) is 0.843. The second-order valence-corrected chi connectivity index (χ2v) is 3.07. The molecular weight excluding hydrogens is 168 g/mol. The first kappa shape index (κ1) is 8.53. The molecule has 1 unspecified atom stereocenters. The number of ether oxygens (including phenoxy) is 2. The van der Waals surface area contributed by atoms with Gasteiger partial charge in [0.15, 0.2) is 0 Å². The van der Waals surface area contributed by atoms with E-state index in [2.05, 4.69) is 0 Å². The molecule has 0 bridgehead atoms. The number of hydrogen-bond donors (Lipinski definition) is 1. The number of para-hydroxylation sites is 1. The first-order chi connectivity index (χ1) is 6.31. The molecule has 0 fully saturated rings. The second-order valence-electron chi connectivity index (χ2n) is 3.07. The van der Waals surface area contributed by atoms with Gasteiger partial charge in [-0.15, -0.1) is 0 Å². The van der Waals surface area contributed by atoms with Gasteiger partial charge in [-0.1, -0.05) is 18.2 Å². The van der Waals surface area contributed by atoms with Crippen LogP contribution in [0.5, 0.6) is 5.75 Å². The van der Waals surface area contributed by atoms with Crippen molar-refractivity contribution in [1.29, 1.82) is 0 Å². The molecule has 1 aliphatic rings. The Morgan fingerprint density at radius 2 is 2.23 bits per heavy atom. The van der Waals surface area contributed by atoms with Crippen LogP contribution in [0.1, 0.15) is 18.1 Å². The van der Waals surface area contributed by atoms with Gasteiger partial charge in [0.25, 0.3) is 0 Å². The normalized spacial score (nSPS) is 26.3. The fraction of sp³-hybridized carbons (Fsp3) is 0.400. The summed E-state index contributed by atoms with van der Waals surface area (Å²) in [7, 11) is 1.57. The first-order valence-corrected chi connectivity index (χ1v) is 4.27. The van der Waals surface area contributed by atoms with Crippen LogP contribution in [-0.4, -0.2) is 18.5 Å². The van der Waals surface area contributed by atoms with E-state index in [1.54, 1.807) is 7.11 Å². The van der Waals surface area contributed by atoms with E-state index >= 15 is 0 Å². The van der Waals surface area contributed by atoms with Crippen molar-refractivity contribution in [1.82, 2.24) is 0 Å². The quantitative estimate of drug-likeness (QED) is 0.711. The van der Waals surface area contributed by atoms with E-state index in [0.717, 1.165) is 5.56 Å². The van der Waals surface area contributed by atoms with E-state index in [-0.39, 0.29) is 6.29 Å². The third kappa shape index (κ3) is 1.53. The SMILES string of the molecule is CO[C@H]1CC(O)c2ccccc2O1. The molecule has 0 spiro atoms. The molecule has 1 N–H and O–H groups in total. The van der Waals surface area contributed by atoms with E-state index in [0.29, 0.717) is 12.2 Å². The minimum atomic E-state index is -0.477. The van der Waals surface area contributed by atoms with Gasteiger partial charge in [-0.3, -0.25) is 0 Å². The average molecular weight is 180 g/mol. The molecule has 0 radical (unpaired) electrons. The number of fused-ring (bicyclic) bond motifs is 1. The molecule has 0 saturated heterocycles. The van der Waals surface area contributed by atoms with E-state index in [9.17, 15) is 5.11 Å². The summed E-state index contributed by atoms with van der Waals surface area (Å²) in [6.45, 7) is 0. The van der Waals surface area contributed by atoms with Gasteiger partial charge in [0.05, 0.1) is 6.10 Å². The van der Waals surface area contributed by atoms with Gasteiger partial charge in [-0.25, -0.2) is 0 Å². The standard InChI is InChI=1S/C10H12O3/c1-12-10-6-8(11)7-4-2-3-5-9(7)13-10/h2-5,8,10-11H,6H2,1H3/t8?,10-/m1/s1. The highest BCUT2D eigenvalue weighted by Gasteiger charge is 2.25. The summed E-state index contributed by atoms with van der Waals surface area (Å²) >= 11 is 0. The maximum Gasteiger partial charge on any atom is 0.202 e. The maximum atomic E-state index is 9.70. The molecule has 2 atom stereocenters. The van der Waals surface area contributed by atoms with Gasteiger partial charge in [0, 0.05) is 19.1 Å². The summed E-state index contributed by atoms with van der Waals surface area (Å²) in [6, 6.07) is 7.47. The second kappa shape index (κ2) is 3.36. The largest absolute Gasteiger partial charge is 0.464 e. The molecule has 3 nitrogen and oxygen atoms in total. The maximum absolute atomic E-state index is 9.70. The molecule has 0 aliphatic carbocycles. The van der Waals surface area contributed by atoms with Crippen LogP contribution in [-0.2, 0) is 4.74 Å². The molecule has 1 aromatic rings. The van der Waals surface area contributed by atoms with Gasteiger partial charge in [-0.05, 0) is 6.07 Å². The Balaban J connectivity index is 2.31. The fourth-order valence-electron chi connectivity index (χ4n) is 1.51. The average Bonchev–Trinajstić information content (AvgIpc) is 2.18. The lowest BCUT2D eigenvalue weighted by molar-refractivity contribution is -0.0941. The van der Waals surface area contributed by atoms with E-state index < -0.39 is 6.10 Å². The topological polar surface area (TPSA) is 38.7 Å². The van der Waals surface area contributed by atoms with E-state index in [1.165, 1.54) is 0 Å². The summed E-state index contributed by atoms with van der Waals surface area (Å²) < 4.78 is 10.5. The Bertz CT molecular complexity index is 298. The summed E-state index contributed by atoms with van der Waals surface area (Å²) in [6.07, 6.45) is -0.312. The van der Waals surface area contributed by atoms with Crippen molar-refractivity contribution in [2.45, 2.75) is 18.8 Å². The van der Waals surface area contributed by atoms with E-state index in [4.69, 9.17) is 9.47 Å². The lowest BCUT2D eigenvalue weighted by Crippen LogP contribution is -2.26. The minimum absolute atomic E-state index is 0.329. The van der Waals surface area contributed by atoms with Crippen LogP contribution in [0.3, 0.4) is 0 Å². The smallest absolute Gasteiger partial charge is 0.202 e. The van der Waals surface area contributed by atoms with Crippen molar-refractivity contribution in [3.63, 3.8) is 0 Å². The molecule has 70 valence electrons. The van der Waals surface area contributed by atoms with Crippen molar-refractivity contribution in [2.75, 3.05) is 7.11 Å². The van der Waals surface area contributed by atoms with Crippen molar-refractivity contribution in [2.24, 2.45) is 0 Å². The number of methoxy groups -OCH3 is 1. The monoisotopic (exact) mass is 180 g/mol. The highest BCUT2D eigenvalue weighted by atomic mass is 16.7. The molecule has 2 rings (SSSR count). The Hall–Kier alpha value is -1.06. The molecule has 0 aromatic heterocycles. The number of aliphatic hydroxyl groups is 1. The fourth-order valence-corrected chi connectivity index (χ4v) is 1.51. The molecule has 0 saturated carbocycles. The summed E-state index contributed by atoms with van der Waals surface area (Å²) in [4.78, 5) is 0. The zero-order valence-electron chi connectivity index (χ0n) is 7.43. The van der Waals surface area contributed by atoms with Gasteiger partial charge < -0.3 is 14.6 Å². The van der Waals surface area contributed by atoms with Crippen molar-refractivity contribution >= 4 is 0 Å². The molecule has 1 aliphatic heterocycles. The Morgan fingerprint density at radius 3 is 3.00 bits per heavy atom. The highest BCUT2D eigenvalue weighted by Crippen LogP contribution is 2.34. The zero-order chi connectivity index (χ0) is 9.26. The van der Waals surface area contributed by atoms with Crippen molar-refractivity contribution in [3.05, 3.63) is 29.8 Å². The van der Waals surface area contributed by atoms with Crippen molar-refractivity contribution in [3.8, 4) is 5.75 Å². The molecule has 1 aromatic carbocycles. The number of hydrogen-bond acceptors (Lipinski definition) is 3. The molecule has 0 amide bonds. The molecular formula is C10H12O3. The van der Waals surface area contributed by atoms with Crippen LogP contribution in [0.25, 0.3) is 0 Å². The molecule has 1 heterocycles. The predicted molar refractivity (Wildman–Crippen MR) is 47.4 cm³/mol.